The standard InChI is InChI=1S/C24H12O3/c25-18-11-17-16-7-3-5-12-8-9-14-10-13-4-1-2-6-15(13)21(20(14)19(12)16)22(17)24(27)23(18)26/h1-10H,11H2. The molecule has 0 saturated heterocycles. The molecule has 0 saturated carbocycles. The number of ketones is 3. The molecular formula is C24H12O3. The lowest BCUT2D eigenvalue weighted by molar-refractivity contribution is -0.133. The van der Waals surface area contributed by atoms with Crippen molar-refractivity contribution in [3.8, 4) is 0 Å². The second-order valence-corrected chi connectivity index (χ2v) is 7.15. The van der Waals surface area contributed by atoms with Gasteiger partial charge >= 0.3 is 0 Å². The molecule has 5 aromatic carbocycles. The van der Waals surface area contributed by atoms with Gasteiger partial charge in [0.1, 0.15) is 0 Å². The van der Waals surface area contributed by atoms with Crippen molar-refractivity contribution in [2.24, 2.45) is 0 Å². The Morgan fingerprint density at radius 1 is 0.593 bits per heavy atom. The van der Waals surface area contributed by atoms with E-state index in [4.69, 9.17) is 0 Å². The van der Waals surface area contributed by atoms with Crippen LogP contribution in [0.3, 0.4) is 0 Å². The minimum atomic E-state index is -0.901. The van der Waals surface area contributed by atoms with Crippen LogP contribution in [0.25, 0.3) is 43.1 Å². The summed E-state index contributed by atoms with van der Waals surface area (Å²) in [4.78, 5) is 37.4. The van der Waals surface area contributed by atoms with Crippen LogP contribution in [0.4, 0.5) is 0 Å². The van der Waals surface area contributed by atoms with Gasteiger partial charge in [0.2, 0.25) is 11.6 Å². The highest BCUT2D eigenvalue weighted by molar-refractivity contribution is 6.70. The second kappa shape index (κ2) is 4.77. The lowest BCUT2D eigenvalue weighted by Gasteiger charge is -2.22. The van der Waals surface area contributed by atoms with Crippen molar-refractivity contribution in [2.75, 3.05) is 0 Å². The molecule has 0 N–H and O–H groups in total. The largest absolute Gasteiger partial charge is 0.290 e. The summed E-state index contributed by atoms with van der Waals surface area (Å²) in [6, 6.07) is 20.1. The van der Waals surface area contributed by atoms with E-state index in [2.05, 4.69) is 18.2 Å². The van der Waals surface area contributed by atoms with E-state index < -0.39 is 17.3 Å². The molecule has 0 amide bonds. The van der Waals surface area contributed by atoms with Gasteiger partial charge in [-0.1, -0.05) is 54.6 Å². The first-order valence-electron chi connectivity index (χ1n) is 8.88. The number of rotatable bonds is 0. The van der Waals surface area contributed by atoms with E-state index in [9.17, 15) is 14.4 Å². The zero-order valence-electron chi connectivity index (χ0n) is 14.2. The fourth-order valence-electron chi connectivity index (χ4n) is 4.65. The van der Waals surface area contributed by atoms with Crippen LogP contribution in [0.15, 0.2) is 60.7 Å². The van der Waals surface area contributed by atoms with Crippen molar-refractivity contribution in [1.82, 2.24) is 0 Å². The summed E-state index contributed by atoms with van der Waals surface area (Å²) in [6.45, 7) is 0. The van der Waals surface area contributed by atoms with Crippen molar-refractivity contribution in [2.45, 2.75) is 6.42 Å². The third-order valence-electron chi connectivity index (χ3n) is 5.77. The summed E-state index contributed by atoms with van der Waals surface area (Å²) < 4.78 is 0. The smallest absolute Gasteiger partial charge is 0.269 e. The molecule has 0 atom stereocenters. The Hall–Kier alpha value is -3.59. The minimum Gasteiger partial charge on any atom is -0.290 e. The van der Waals surface area contributed by atoms with Gasteiger partial charge in [-0.2, -0.15) is 0 Å². The van der Waals surface area contributed by atoms with E-state index in [1.807, 2.05) is 42.5 Å². The van der Waals surface area contributed by atoms with Crippen LogP contribution in [0.5, 0.6) is 0 Å². The molecule has 1 aliphatic rings. The first-order valence-corrected chi connectivity index (χ1v) is 8.88. The molecule has 5 aromatic rings. The topological polar surface area (TPSA) is 51.2 Å². The summed E-state index contributed by atoms with van der Waals surface area (Å²) in [5.41, 5.74) is 1.10. The van der Waals surface area contributed by atoms with Crippen molar-refractivity contribution >= 4 is 60.4 Å². The van der Waals surface area contributed by atoms with E-state index in [-0.39, 0.29) is 6.42 Å². The normalized spacial score (nSPS) is 14.7. The van der Waals surface area contributed by atoms with E-state index in [1.165, 1.54) is 0 Å². The Morgan fingerprint density at radius 3 is 2.22 bits per heavy atom. The molecule has 6 rings (SSSR count). The third-order valence-corrected chi connectivity index (χ3v) is 5.77. The summed E-state index contributed by atoms with van der Waals surface area (Å²) in [7, 11) is 0. The van der Waals surface area contributed by atoms with Gasteiger partial charge in [-0.25, -0.2) is 0 Å². The molecule has 0 aliphatic heterocycles. The van der Waals surface area contributed by atoms with Crippen LogP contribution in [0.1, 0.15) is 15.9 Å². The Kier molecular flexibility index (Phi) is 2.57. The molecule has 0 fully saturated rings. The Bertz CT molecular complexity index is 1490. The van der Waals surface area contributed by atoms with Gasteiger partial charge in [0, 0.05) is 17.4 Å². The number of hydrogen-bond donors (Lipinski definition) is 0. The average Bonchev–Trinajstić information content (AvgIpc) is 2.70. The molecule has 3 nitrogen and oxygen atoms in total. The molecule has 0 spiro atoms. The van der Waals surface area contributed by atoms with Gasteiger partial charge in [0.05, 0.1) is 0 Å². The number of carbonyl (C=O) groups is 3. The highest BCUT2D eigenvalue weighted by atomic mass is 16.2. The van der Waals surface area contributed by atoms with Gasteiger partial charge in [-0.05, 0) is 49.3 Å². The van der Waals surface area contributed by atoms with Crippen LogP contribution >= 0.6 is 0 Å². The van der Waals surface area contributed by atoms with Crippen LogP contribution in [-0.4, -0.2) is 17.3 Å². The average molecular weight is 348 g/mol. The fraction of sp³-hybridized carbons (Fsp3) is 0.0417. The van der Waals surface area contributed by atoms with Crippen LogP contribution in [-0.2, 0) is 16.0 Å². The van der Waals surface area contributed by atoms with Crippen molar-refractivity contribution < 1.29 is 14.4 Å². The lowest BCUT2D eigenvalue weighted by atomic mass is 9.78. The van der Waals surface area contributed by atoms with Gasteiger partial charge in [0.15, 0.2) is 0 Å². The van der Waals surface area contributed by atoms with Crippen LogP contribution < -0.4 is 0 Å². The molecule has 0 aromatic heterocycles. The van der Waals surface area contributed by atoms with Crippen molar-refractivity contribution in [3.63, 3.8) is 0 Å². The highest BCUT2D eigenvalue weighted by Gasteiger charge is 2.36. The molecule has 0 heterocycles. The van der Waals surface area contributed by atoms with E-state index >= 15 is 0 Å². The summed E-state index contributed by atoms with van der Waals surface area (Å²) in [5, 5.41) is 7.81. The molecule has 0 unspecified atom stereocenters. The van der Waals surface area contributed by atoms with Crippen molar-refractivity contribution in [1.29, 1.82) is 0 Å². The van der Waals surface area contributed by atoms with E-state index in [0.717, 1.165) is 43.1 Å². The Labute approximate surface area is 153 Å². The summed E-state index contributed by atoms with van der Waals surface area (Å²) in [5.74, 6) is -2.20. The predicted molar refractivity (Wildman–Crippen MR) is 106 cm³/mol. The SMILES string of the molecule is O=C1Cc2c(c3c4ccccc4cc4ccc5cccc2c5c43)C(=O)C1=O. The van der Waals surface area contributed by atoms with Gasteiger partial charge in [-0.3, -0.25) is 14.4 Å². The molecule has 126 valence electrons. The molecule has 0 radical (unpaired) electrons. The van der Waals surface area contributed by atoms with Crippen molar-refractivity contribution in [3.05, 3.63) is 71.8 Å². The molecule has 0 bridgehead atoms. The van der Waals surface area contributed by atoms with E-state index in [1.54, 1.807) is 0 Å². The van der Waals surface area contributed by atoms with Crippen LogP contribution in [0, 0.1) is 0 Å². The molecule has 27 heavy (non-hydrogen) atoms. The lowest BCUT2D eigenvalue weighted by Crippen LogP contribution is -2.32. The Morgan fingerprint density at radius 2 is 1.33 bits per heavy atom. The second-order valence-electron chi connectivity index (χ2n) is 7.15. The Balaban J connectivity index is 2.04. The molecule has 3 heteroatoms. The minimum absolute atomic E-state index is 0.0158. The van der Waals surface area contributed by atoms with Gasteiger partial charge in [0.25, 0.3) is 5.78 Å². The maximum absolute atomic E-state index is 13.0. The van der Waals surface area contributed by atoms with Crippen LogP contribution in [0.2, 0.25) is 0 Å². The number of benzene rings is 5. The summed E-state index contributed by atoms with van der Waals surface area (Å²) >= 11 is 0. The maximum atomic E-state index is 13.0. The predicted octanol–water partition coefficient (Wildman–Crippen LogP) is 4.61. The quantitative estimate of drug-likeness (QED) is 0.233. The zero-order valence-corrected chi connectivity index (χ0v) is 14.2. The first-order chi connectivity index (χ1) is 13.1. The fourth-order valence-corrected chi connectivity index (χ4v) is 4.65. The number of fused-ring (bicyclic) bond motifs is 5. The zero-order chi connectivity index (χ0) is 18.3. The van der Waals surface area contributed by atoms with Gasteiger partial charge in [-0.15, -0.1) is 0 Å². The molecule has 1 aliphatic carbocycles. The third kappa shape index (κ3) is 1.69. The highest BCUT2D eigenvalue weighted by Crippen LogP contribution is 2.43. The number of hydrogen-bond acceptors (Lipinski definition) is 3. The maximum Gasteiger partial charge on any atom is 0.269 e. The summed E-state index contributed by atoms with van der Waals surface area (Å²) in [6.07, 6.45) is -0.0158. The number of Topliss-reactive ketones (excluding diaryl/α,β-unsaturated/α-hetero) is 3. The van der Waals surface area contributed by atoms with Gasteiger partial charge < -0.3 is 0 Å². The molecular weight excluding hydrogens is 336 g/mol. The number of carbonyl (C=O) groups excluding carboxylic acids is 3. The first kappa shape index (κ1) is 14.6. The monoisotopic (exact) mass is 348 g/mol. The van der Waals surface area contributed by atoms with E-state index in [0.29, 0.717) is 11.1 Å².